The van der Waals surface area contributed by atoms with Crippen LogP contribution in [0.1, 0.15) is 30.7 Å². The van der Waals surface area contributed by atoms with Gasteiger partial charge in [-0.1, -0.05) is 13.0 Å². The standard InChI is InChI=1S/C12H19NS/c1-4-8-13-11(3)5-6-12-10(2)7-9-14-12/h5-7,9,11,13H,4,8H2,1-3H3/b6-5+. The van der Waals surface area contributed by atoms with Gasteiger partial charge in [0.1, 0.15) is 0 Å². The van der Waals surface area contributed by atoms with E-state index < -0.39 is 0 Å². The maximum absolute atomic E-state index is 3.43. The highest BCUT2D eigenvalue weighted by Crippen LogP contribution is 2.17. The number of aryl methyl sites for hydroxylation is 1. The van der Waals surface area contributed by atoms with Gasteiger partial charge in [-0.05, 0) is 49.9 Å². The van der Waals surface area contributed by atoms with Crippen molar-refractivity contribution in [2.24, 2.45) is 0 Å². The summed E-state index contributed by atoms with van der Waals surface area (Å²) in [4.78, 5) is 1.37. The van der Waals surface area contributed by atoms with Crippen LogP contribution in [-0.4, -0.2) is 12.6 Å². The Kier molecular flexibility index (Phi) is 4.91. The molecule has 1 N–H and O–H groups in total. The van der Waals surface area contributed by atoms with E-state index >= 15 is 0 Å². The fourth-order valence-electron chi connectivity index (χ4n) is 1.23. The zero-order valence-electron chi connectivity index (χ0n) is 9.21. The van der Waals surface area contributed by atoms with E-state index in [0.717, 1.165) is 6.54 Å². The molecule has 1 nitrogen and oxygen atoms in total. The quantitative estimate of drug-likeness (QED) is 0.783. The molecule has 2 heteroatoms. The number of rotatable bonds is 5. The third kappa shape index (κ3) is 3.64. The molecule has 0 fully saturated rings. The van der Waals surface area contributed by atoms with Gasteiger partial charge in [0.15, 0.2) is 0 Å². The van der Waals surface area contributed by atoms with Crippen molar-refractivity contribution in [3.63, 3.8) is 0 Å². The van der Waals surface area contributed by atoms with Crippen molar-refractivity contribution in [1.82, 2.24) is 5.32 Å². The van der Waals surface area contributed by atoms with Crippen LogP contribution < -0.4 is 5.32 Å². The van der Waals surface area contributed by atoms with Crippen molar-refractivity contribution in [1.29, 1.82) is 0 Å². The lowest BCUT2D eigenvalue weighted by Crippen LogP contribution is -2.24. The van der Waals surface area contributed by atoms with Gasteiger partial charge in [-0.15, -0.1) is 11.3 Å². The zero-order valence-corrected chi connectivity index (χ0v) is 10.0. The predicted octanol–water partition coefficient (Wildman–Crippen LogP) is 3.46. The number of hydrogen-bond donors (Lipinski definition) is 1. The van der Waals surface area contributed by atoms with Gasteiger partial charge in [-0.3, -0.25) is 0 Å². The summed E-state index contributed by atoms with van der Waals surface area (Å²) in [5.74, 6) is 0. The molecule has 0 aliphatic rings. The summed E-state index contributed by atoms with van der Waals surface area (Å²) < 4.78 is 0. The second-order valence-corrected chi connectivity index (χ2v) is 4.52. The lowest BCUT2D eigenvalue weighted by molar-refractivity contribution is 0.625. The Morgan fingerprint density at radius 2 is 2.36 bits per heavy atom. The first kappa shape index (κ1) is 11.5. The molecule has 1 unspecified atom stereocenters. The van der Waals surface area contributed by atoms with Crippen LogP contribution in [0.4, 0.5) is 0 Å². The van der Waals surface area contributed by atoms with Crippen LogP contribution in [0.3, 0.4) is 0 Å². The zero-order chi connectivity index (χ0) is 10.4. The van der Waals surface area contributed by atoms with E-state index in [4.69, 9.17) is 0 Å². The second kappa shape index (κ2) is 5.99. The third-order valence-electron chi connectivity index (χ3n) is 2.15. The molecule has 0 radical (unpaired) electrons. The molecular weight excluding hydrogens is 190 g/mol. The number of nitrogens with one attached hydrogen (secondary N) is 1. The van der Waals surface area contributed by atoms with Crippen LogP contribution in [0.2, 0.25) is 0 Å². The van der Waals surface area contributed by atoms with E-state index in [2.05, 4.69) is 49.7 Å². The molecule has 0 bridgehead atoms. The van der Waals surface area contributed by atoms with E-state index in [1.165, 1.54) is 16.9 Å². The molecule has 1 aromatic rings. The molecular formula is C12H19NS. The van der Waals surface area contributed by atoms with Gasteiger partial charge in [-0.2, -0.15) is 0 Å². The Labute approximate surface area is 90.9 Å². The lowest BCUT2D eigenvalue weighted by Gasteiger charge is -2.07. The average Bonchev–Trinajstić information content (AvgIpc) is 2.58. The maximum Gasteiger partial charge on any atom is 0.0296 e. The van der Waals surface area contributed by atoms with E-state index in [1.54, 1.807) is 11.3 Å². The summed E-state index contributed by atoms with van der Waals surface area (Å²) >= 11 is 1.80. The molecule has 0 amide bonds. The Balaban J connectivity index is 2.43. The van der Waals surface area contributed by atoms with Crippen molar-refractivity contribution in [3.8, 4) is 0 Å². The molecule has 1 heterocycles. The fraction of sp³-hybridized carbons (Fsp3) is 0.500. The largest absolute Gasteiger partial charge is 0.311 e. The summed E-state index contributed by atoms with van der Waals surface area (Å²) in [6.07, 6.45) is 5.64. The molecule has 14 heavy (non-hydrogen) atoms. The first-order chi connectivity index (χ1) is 6.74. The molecule has 1 atom stereocenters. The highest BCUT2D eigenvalue weighted by atomic mass is 32.1. The Hall–Kier alpha value is -0.600. The van der Waals surface area contributed by atoms with Gasteiger partial charge in [0.25, 0.3) is 0 Å². The van der Waals surface area contributed by atoms with E-state index in [1.807, 2.05) is 0 Å². The van der Waals surface area contributed by atoms with Crippen LogP contribution in [0.5, 0.6) is 0 Å². The molecule has 0 aromatic carbocycles. The Bertz CT molecular complexity index is 288. The van der Waals surface area contributed by atoms with Crippen LogP contribution in [0.25, 0.3) is 6.08 Å². The van der Waals surface area contributed by atoms with Gasteiger partial charge in [-0.25, -0.2) is 0 Å². The maximum atomic E-state index is 3.43. The van der Waals surface area contributed by atoms with Crippen molar-refractivity contribution < 1.29 is 0 Å². The van der Waals surface area contributed by atoms with Crippen LogP contribution in [0.15, 0.2) is 17.5 Å². The molecule has 78 valence electrons. The fourth-order valence-corrected chi connectivity index (χ4v) is 2.06. The van der Waals surface area contributed by atoms with Crippen molar-refractivity contribution >= 4 is 17.4 Å². The summed E-state index contributed by atoms with van der Waals surface area (Å²) in [5.41, 5.74) is 1.37. The van der Waals surface area contributed by atoms with Crippen LogP contribution >= 0.6 is 11.3 Å². The van der Waals surface area contributed by atoms with E-state index in [9.17, 15) is 0 Å². The monoisotopic (exact) mass is 209 g/mol. The second-order valence-electron chi connectivity index (χ2n) is 3.57. The molecule has 0 aliphatic carbocycles. The minimum Gasteiger partial charge on any atom is -0.311 e. The smallest absolute Gasteiger partial charge is 0.0296 e. The molecule has 0 saturated heterocycles. The summed E-state index contributed by atoms with van der Waals surface area (Å²) in [6, 6.07) is 2.63. The van der Waals surface area contributed by atoms with Gasteiger partial charge >= 0.3 is 0 Å². The van der Waals surface area contributed by atoms with Crippen LogP contribution in [-0.2, 0) is 0 Å². The number of thiophene rings is 1. The summed E-state index contributed by atoms with van der Waals surface area (Å²) in [6.45, 7) is 7.62. The molecule has 0 spiro atoms. The lowest BCUT2D eigenvalue weighted by atomic mass is 10.2. The van der Waals surface area contributed by atoms with Crippen molar-refractivity contribution in [3.05, 3.63) is 28.0 Å². The Morgan fingerprint density at radius 3 is 2.93 bits per heavy atom. The molecule has 0 saturated carbocycles. The van der Waals surface area contributed by atoms with Gasteiger partial charge in [0.05, 0.1) is 0 Å². The van der Waals surface area contributed by atoms with Crippen molar-refractivity contribution in [2.75, 3.05) is 6.54 Å². The molecule has 0 aliphatic heterocycles. The number of hydrogen-bond acceptors (Lipinski definition) is 2. The van der Waals surface area contributed by atoms with Gasteiger partial charge in [0, 0.05) is 10.9 Å². The minimum atomic E-state index is 0.469. The first-order valence-corrected chi connectivity index (χ1v) is 6.07. The molecule has 1 aromatic heterocycles. The summed E-state index contributed by atoms with van der Waals surface area (Å²) in [5, 5.41) is 5.57. The first-order valence-electron chi connectivity index (χ1n) is 5.19. The Morgan fingerprint density at radius 1 is 1.57 bits per heavy atom. The topological polar surface area (TPSA) is 12.0 Å². The predicted molar refractivity (Wildman–Crippen MR) is 65.8 cm³/mol. The SMILES string of the molecule is CCCNC(C)/C=C/c1sccc1C. The highest BCUT2D eigenvalue weighted by Gasteiger charge is 1.96. The minimum absolute atomic E-state index is 0.469. The summed E-state index contributed by atoms with van der Waals surface area (Å²) in [7, 11) is 0. The van der Waals surface area contributed by atoms with Gasteiger partial charge < -0.3 is 5.32 Å². The highest BCUT2D eigenvalue weighted by molar-refractivity contribution is 7.11. The molecule has 1 rings (SSSR count). The van der Waals surface area contributed by atoms with Gasteiger partial charge in [0.2, 0.25) is 0 Å². The normalized spacial score (nSPS) is 13.6. The average molecular weight is 209 g/mol. The van der Waals surface area contributed by atoms with E-state index in [-0.39, 0.29) is 0 Å². The van der Waals surface area contributed by atoms with Crippen molar-refractivity contribution in [2.45, 2.75) is 33.2 Å². The third-order valence-corrected chi connectivity index (χ3v) is 3.14. The van der Waals surface area contributed by atoms with E-state index in [0.29, 0.717) is 6.04 Å². The van der Waals surface area contributed by atoms with Crippen LogP contribution in [0, 0.1) is 6.92 Å².